The lowest BCUT2D eigenvalue weighted by Crippen LogP contribution is -2.47. The van der Waals surface area contributed by atoms with Crippen LogP contribution in [0.15, 0.2) is 24.3 Å². The van der Waals surface area contributed by atoms with E-state index in [1.807, 2.05) is 4.90 Å². The van der Waals surface area contributed by atoms with Crippen LogP contribution in [0.3, 0.4) is 0 Å². The topological polar surface area (TPSA) is 55.6 Å². The van der Waals surface area contributed by atoms with E-state index < -0.39 is 0 Å². The molecule has 1 fully saturated rings. The Balaban J connectivity index is 0.00000288. The van der Waals surface area contributed by atoms with Gasteiger partial charge in [-0.3, -0.25) is 4.79 Å². The lowest BCUT2D eigenvalue weighted by Gasteiger charge is -2.28. The molecule has 1 aromatic carbocycles. The van der Waals surface area contributed by atoms with Gasteiger partial charge in [0.15, 0.2) is 0 Å². The Labute approximate surface area is 152 Å². The molecule has 0 radical (unpaired) electrons. The molecule has 2 atom stereocenters. The summed E-state index contributed by atoms with van der Waals surface area (Å²) in [4.78, 5) is 14.6. The third-order valence-corrected chi connectivity index (χ3v) is 4.47. The number of ether oxygens (including phenoxy) is 1. The van der Waals surface area contributed by atoms with Gasteiger partial charge in [0, 0.05) is 19.7 Å². The van der Waals surface area contributed by atoms with Gasteiger partial charge in [0.2, 0.25) is 5.91 Å². The normalized spacial score (nSPS) is 18.0. The first kappa shape index (κ1) is 20.9. The van der Waals surface area contributed by atoms with E-state index in [-0.39, 0.29) is 30.5 Å². The SMILES string of the molecule is CCCC(N)C(=O)N(CCc1ccc(C)cc1)CC1CCCO1.Cl. The highest BCUT2D eigenvalue weighted by Gasteiger charge is 2.25. The van der Waals surface area contributed by atoms with Crippen molar-refractivity contribution in [1.29, 1.82) is 0 Å². The summed E-state index contributed by atoms with van der Waals surface area (Å²) >= 11 is 0. The van der Waals surface area contributed by atoms with Crippen LogP contribution >= 0.6 is 12.4 Å². The lowest BCUT2D eigenvalue weighted by atomic mass is 10.1. The van der Waals surface area contributed by atoms with Crippen LogP contribution in [0.1, 0.15) is 43.7 Å². The van der Waals surface area contributed by atoms with Crippen molar-refractivity contribution in [1.82, 2.24) is 4.90 Å². The second-order valence-corrected chi connectivity index (χ2v) is 6.55. The minimum atomic E-state index is -0.389. The molecule has 136 valence electrons. The Morgan fingerprint density at radius 2 is 2.08 bits per heavy atom. The van der Waals surface area contributed by atoms with E-state index in [2.05, 4.69) is 38.1 Å². The van der Waals surface area contributed by atoms with Crippen LogP contribution in [0, 0.1) is 6.92 Å². The molecule has 1 aliphatic heterocycles. The van der Waals surface area contributed by atoms with Crippen molar-refractivity contribution >= 4 is 18.3 Å². The van der Waals surface area contributed by atoms with E-state index in [0.717, 1.165) is 38.7 Å². The molecule has 2 N–H and O–H groups in total. The van der Waals surface area contributed by atoms with Gasteiger partial charge < -0.3 is 15.4 Å². The minimum absolute atomic E-state index is 0. The van der Waals surface area contributed by atoms with Crippen molar-refractivity contribution in [2.75, 3.05) is 19.7 Å². The molecule has 0 aliphatic carbocycles. The fourth-order valence-electron chi connectivity index (χ4n) is 3.01. The number of hydrogen-bond donors (Lipinski definition) is 1. The third kappa shape index (κ3) is 6.42. The van der Waals surface area contributed by atoms with E-state index in [9.17, 15) is 4.79 Å². The van der Waals surface area contributed by atoms with Gasteiger partial charge in [-0.25, -0.2) is 0 Å². The highest BCUT2D eigenvalue weighted by molar-refractivity contribution is 5.85. The first-order valence-corrected chi connectivity index (χ1v) is 8.81. The van der Waals surface area contributed by atoms with Gasteiger partial charge in [-0.2, -0.15) is 0 Å². The second-order valence-electron chi connectivity index (χ2n) is 6.55. The van der Waals surface area contributed by atoms with Gasteiger partial charge in [0.1, 0.15) is 0 Å². The van der Waals surface area contributed by atoms with Crippen molar-refractivity contribution < 1.29 is 9.53 Å². The monoisotopic (exact) mass is 354 g/mol. The van der Waals surface area contributed by atoms with Crippen molar-refractivity contribution in [2.45, 2.75) is 58.1 Å². The summed E-state index contributed by atoms with van der Waals surface area (Å²) in [6, 6.07) is 8.11. The maximum Gasteiger partial charge on any atom is 0.239 e. The summed E-state index contributed by atoms with van der Waals surface area (Å²) in [5.74, 6) is 0.0643. The molecule has 24 heavy (non-hydrogen) atoms. The van der Waals surface area contributed by atoms with Crippen LogP contribution in [0.2, 0.25) is 0 Å². The maximum atomic E-state index is 12.6. The van der Waals surface area contributed by atoms with Crippen LogP contribution in [-0.4, -0.2) is 42.6 Å². The molecule has 1 heterocycles. The molecule has 0 saturated carbocycles. The zero-order valence-corrected chi connectivity index (χ0v) is 15.7. The summed E-state index contributed by atoms with van der Waals surface area (Å²) < 4.78 is 5.71. The quantitative estimate of drug-likeness (QED) is 0.780. The average molecular weight is 355 g/mol. The fourth-order valence-corrected chi connectivity index (χ4v) is 3.01. The number of amides is 1. The third-order valence-electron chi connectivity index (χ3n) is 4.47. The highest BCUT2D eigenvalue weighted by atomic mass is 35.5. The van der Waals surface area contributed by atoms with E-state index in [4.69, 9.17) is 10.5 Å². The number of rotatable bonds is 8. The number of benzene rings is 1. The number of carbonyl (C=O) groups is 1. The van der Waals surface area contributed by atoms with E-state index in [0.29, 0.717) is 13.1 Å². The Morgan fingerprint density at radius 3 is 2.67 bits per heavy atom. The Kier molecular flexibility index (Phi) is 9.34. The van der Waals surface area contributed by atoms with E-state index >= 15 is 0 Å². The van der Waals surface area contributed by atoms with Crippen LogP contribution in [-0.2, 0) is 16.0 Å². The van der Waals surface area contributed by atoms with Crippen LogP contribution in [0.5, 0.6) is 0 Å². The summed E-state index contributed by atoms with van der Waals surface area (Å²) in [5.41, 5.74) is 8.57. The number of halogens is 1. The molecule has 1 amide bonds. The average Bonchev–Trinajstić information content (AvgIpc) is 3.05. The Bertz CT molecular complexity index is 487. The molecule has 1 aromatic rings. The van der Waals surface area contributed by atoms with Crippen LogP contribution in [0.25, 0.3) is 0 Å². The number of nitrogens with two attached hydrogens (primary N) is 1. The fraction of sp³-hybridized carbons (Fsp3) is 0.632. The molecule has 2 unspecified atom stereocenters. The van der Waals surface area contributed by atoms with Gasteiger partial charge in [0.25, 0.3) is 0 Å². The molecular formula is C19H31ClN2O2. The summed E-state index contributed by atoms with van der Waals surface area (Å²) in [7, 11) is 0. The number of hydrogen-bond acceptors (Lipinski definition) is 3. The molecular weight excluding hydrogens is 324 g/mol. The Hall–Kier alpha value is -1.10. The smallest absolute Gasteiger partial charge is 0.239 e. The second kappa shape index (κ2) is 10.7. The summed E-state index contributed by atoms with van der Waals surface area (Å²) in [6.07, 6.45) is 4.83. The molecule has 1 aliphatic rings. The predicted octanol–water partition coefficient (Wildman–Crippen LogP) is 3.09. The van der Waals surface area contributed by atoms with Crippen molar-refractivity contribution in [3.05, 3.63) is 35.4 Å². The van der Waals surface area contributed by atoms with Gasteiger partial charge in [-0.1, -0.05) is 43.2 Å². The molecule has 0 spiro atoms. The summed E-state index contributed by atoms with van der Waals surface area (Å²) in [6.45, 7) is 6.33. The van der Waals surface area contributed by atoms with Gasteiger partial charge in [0.05, 0.1) is 12.1 Å². The lowest BCUT2D eigenvalue weighted by molar-refractivity contribution is -0.134. The number of aryl methyl sites for hydroxylation is 1. The molecule has 5 heteroatoms. The van der Waals surface area contributed by atoms with Crippen molar-refractivity contribution in [3.8, 4) is 0 Å². The molecule has 2 rings (SSSR count). The molecule has 1 saturated heterocycles. The van der Waals surface area contributed by atoms with Crippen molar-refractivity contribution in [3.63, 3.8) is 0 Å². The predicted molar refractivity (Wildman–Crippen MR) is 101 cm³/mol. The van der Waals surface area contributed by atoms with Gasteiger partial charge >= 0.3 is 0 Å². The Morgan fingerprint density at radius 1 is 1.38 bits per heavy atom. The standard InChI is InChI=1S/C19H30N2O2.ClH/c1-3-5-18(20)19(22)21(14-17-6-4-13-23-17)12-11-16-9-7-15(2)8-10-16;/h7-10,17-18H,3-6,11-14,20H2,1-2H3;1H. The maximum absolute atomic E-state index is 12.6. The molecule has 4 nitrogen and oxygen atoms in total. The molecule has 0 aromatic heterocycles. The largest absolute Gasteiger partial charge is 0.376 e. The van der Waals surface area contributed by atoms with Gasteiger partial charge in [-0.15, -0.1) is 12.4 Å². The van der Waals surface area contributed by atoms with Crippen molar-refractivity contribution in [2.24, 2.45) is 5.73 Å². The number of carbonyl (C=O) groups excluding carboxylic acids is 1. The minimum Gasteiger partial charge on any atom is -0.376 e. The molecule has 0 bridgehead atoms. The van der Waals surface area contributed by atoms with Gasteiger partial charge in [-0.05, 0) is 38.2 Å². The van der Waals surface area contributed by atoms with E-state index in [1.165, 1.54) is 11.1 Å². The number of nitrogens with zero attached hydrogens (tertiary/aromatic N) is 1. The first-order valence-electron chi connectivity index (χ1n) is 8.81. The zero-order chi connectivity index (χ0) is 16.7. The summed E-state index contributed by atoms with van der Waals surface area (Å²) in [5, 5.41) is 0. The first-order chi connectivity index (χ1) is 11.1. The zero-order valence-electron chi connectivity index (χ0n) is 14.9. The van der Waals surface area contributed by atoms with Crippen LogP contribution < -0.4 is 5.73 Å². The van der Waals surface area contributed by atoms with Crippen LogP contribution in [0.4, 0.5) is 0 Å². The van der Waals surface area contributed by atoms with E-state index in [1.54, 1.807) is 0 Å². The highest BCUT2D eigenvalue weighted by Crippen LogP contribution is 2.15.